The number of rotatable bonds is 2. The molecular formula is C8H13NO2. The molecule has 1 aliphatic heterocycles. The van der Waals surface area contributed by atoms with E-state index in [-0.39, 0.29) is 11.9 Å². The summed E-state index contributed by atoms with van der Waals surface area (Å²) in [4.78, 5) is 15.2. The molecule has 1 unspecified atom stereocenters. The normalized spacial score (nSPS) is 23.2. The second-order valence-electron chi connectivity index (χ2n) is 2.56. The van der Waals surface area contributed by atoms with Crippen LogP contribution >= 0.6 is 0 Å². The van der Waals surface area contributed by atoms with Crippen molar-refractivity contribution in [3.8, 4) is 0 Å². The van der Waals surface area contributed by atoms with E-state index in [1.54, 1.807) is 0 Å². The molecule has 0 saturated carbocycles. The van der Waals surface area contributed by atoms with Crippen LogP contribution in [-0.4, -0.2) is 25.3 Å². The third-order valence-electron chi connectivity index (χ3n) is 1.75. The van der Waals surface area contributed by atoms with Gasteiger partial charge in [-0.3, -0.25) is 9.79 Å². The molecule has 0 radical (unpaired) electrons. The van der Waals surface area contributed by atoms with Crippen molar-refractivity contribution in [3.05, 3.63) is 0 Å². The SMILES string of the molecule is CCOC(=O)C1CC=NCC1. The number of hydrogen-bond acceptors (Lipinski definition) is 3. The highest BCUT2D eigenvalue weighted by Crippen LogP contribution is 2.13. The van der Waals surface area contributed by atoms with Gasteiger partial charge in [0.2, 0.25) is 0 Å². The van der Waals surface area contributed by atoms with Crippen LogP contribution in [0.2, 0.25) is 0 Å². The van der Waals surface area contributed by atoms with Gasteiger partial charge in [0, 0.05) is 6.54 Å². The van der Waals surface area contributed by atoms with Gasteiger partial charge < -0.3 is 4.74 Å². The van der Waals surface area contributed by atoms with Gasteiger partial charge in [0.25, 0.3) is 0 Å². The van der Waals surface area contributed by atoms with E-state index < -0.39 is 0 Å². The van der Waals surface area contributed by atoms with E-state index >= 15 is 0 Å². The van der Waals surface area contributed by atoms with Gasteiger partial charge in [-0.15, -0.1) is 0 Å². The summed E-state index contributed by atoms with van der Waals surface area (Å²) in [5.74, 6) is -0.00824. The number of aliphatic imine (C=N–C) groups is 1. The summed E-state index contributed by atoms with van der Waals surface area (Å²) in [6, 6.07) is 0. The first-order chi connectivity index (χ1) is 5.34. The molecule has 1 atom stereocenters. The molecule has 0 aromatic carbocycles. The minimum atomic E-state index is -0.0707. The van der Waals surface area contributed by atoms with Gasteiger partial charge in [-0.05, 0) is 26.0 Å². The first kappa shape index (κ1) is 8.24. The van der Waals surface area contributed by atoms with Crippen molar-refractivity contribution in [2.45, 2.75) is 19.8 Å². The highest BCUT2D eigenvalue weighted by atomic mass is 16.5. The third kappa shape index (κ3) is 2.33. The lowest BCUT2D eigenvalue weighted by Crippen LogP contribution is -2.21. The summed E-state index contributed by atoms with van der Waals surface area (Å²) in [6.45, 7) is 3.07. The predicted molar refractivity (Wildman–Crippen MR) is 42.7 cm³/mol. The molecule has 0 saturated heterocycles. The first-order valence-electron chi connectivity index (χ1n) is 3.99. The van der Waals surface area contributed by atoms with Crippen LogP contribution in [0.5, 0.6) is 0 Å². The zero-order chi connectivity index (χ0) is 8.10. The topological polar surface area (TPSA) is 38.7 Å². The molecule has 0 bridgehead atoms. The molecule has 0 aliphatic carbocycles. The lowest BCUT2D eigenvalue weighted by molar-refractivity contribution is -0.148. The summed E-state index contributed by atoms with van der Waals surface area (Å²) in [5.41, 5.74) is 0. The molecule has 11 heavy (non-hydrogen) atoms. The fraction of sp³-hybridized carbons (Fsp3) is 0.750. The maximum atomic E-state index is 11.1. The molecule has 62 valence electrons. The Labute approximate surface area is 66.5 Å². The second-order valence-corrected chi connectivity index (χ2v) is 2.56. The molecule has 3 nitrogen and oxygen atoms in total. The summed E-state index contributed by atoms with van der Waals surface area (Å²) < 4.78 is 4.88. The van der Waals surface area contributed by atoms with Gasteiger partial charge in [-0.1, -0.05) is 0 Å². The van der Waals surface area contributed by atoms with Gasteiger partial charge in [0.15, 0.2) is 0 Å². The Morgan fingerprint density at radius 3 is 3.18 bits per heavy atom. The van der Waals surface area contributed by atoms with Crippen LogP contribution in [0.25, 0.3) is 0 Å². The number of ether oxygens (including phenoxy) is 1. The number of esters is 1. The summed E-state index contributed by atoms with van der Waals surface area (Å²) in [7, 11) is 0. The Bertz CT molecular complexity index is 165. The third-order valence-corrected chi connectivity index (χ3v) is 1.75. The first-order valence-corrected chi connectivity index (χ1v) is 3.99. The Balaban J connectivity index is 2.34. The maximum Gasteiger partial charge on any atom is 0.309 e. The van der Waals surface area contributed by atoms with E-state index in [9.17, 15) is 4.79 Å². The van der Waals surface area contributed by atoms with Crippen molar-refractivity contribution < 1.29 is 9.53 Å². The van der Waals surface area contributed by atoms with Crippen LogP contribution in [0.4, 0.5) is 0 Å². The molecule has 0 N–H and O–H groups in total. The van der Waals surface area contributed by atoms with Gasteiger partial charge in [0.05, 0.1) is 12.5 Å². The van der Waals surface area contributed by atoms with Crippen LogP contribution in [0, 0.1) is 5.92 Å². The van der Waals surface area contributed by atoms with Gasteiger partial charge in [-0.25, -0.2) is 0 Å². The quantitative estimate of drug-likeness (QED) is 0.559. The number of nitrogens with zero attached hydrogens (tertiary/aromatic N) is 1. The maximum absolute atomic E-state index is 11.1. The highest BCUT2D eigenvalue weighted by molar-refractivity contribution is 5.77. The number of carbonyl (C=O) groups is 1. The van der Waals surface area contributed by atoms with E-state index in [1.165, 1.54) is 0 Å². The zero-order valence-corrected chi connectivity index (χ0v) is 6.75. The fourth-order valence-corrected chi connectivity index (χ4v) is 1.12. The molecule has 0 spiro atoms. The van der Waals surface area contributed by atoms with Gasteiger partial charge in [-0.2, -0.15) is 0 Å². The molecular weight excluding hydrogens is 142 g/mol. The van der Waals surface area contributed by atoms with Crippen LogP contribution in [0.3, 0.4) is 0 Å². The summed E-state index contributed by atoms with van der Waals surface area (Å²) in [6.07, 6.45) is 3.40. The van der Waals surface area contributed by atoms with Crippen LogP contribution in [-0.2, 0) is 9.53 Å². The van der Waals surface area contributed by atoms with Crippen LogP contribution in [0.15, 0.2) is 4.99 Å². The van der Waals surface area contributed by atoms with Crippen molar-refractivity contribution in [1.29, 1.82) is 0 Å². The highest BCUT2D eigenvalue weighted by Gasteiger charge is 2.19. The van der Waals surface area contributed by atoms with E-state index in [1.807, 2.05) is 13.1 Å². The van der Waals surface area contributed by atoms with Crippen molar-refractivity contribution >= 4 is 12.2 Å². The minimum absolute atomic E-state index is 0.0625. The molecule has 3 heteroatoms. The average Bonchev–Trinajstić information content (AvgIpc) is 2.07. The molecule has 0 amide bonds. The summed E-state index contributed by atoms with van der Waals surface area (Å²) in [5, 5.41) is 0. The number of carbonyl (C=O) groups excluding carboxylic acids is 1. The van der Waals surface area contributed by atoms with Crippen LogP contribution in [0.1, 0.15) is 19.8 Å². The van der Waals surface area contributed by atoms with E-state index in [0.717, 1.165) is 19.4 Å². The van der Waals surface area contributed by atoms with Crippen molar-refractivity contribution in [1.82, 2.24) is 0 Å². The standard InChI is InChI=1S/C8H13NO2/c1-2-11-8(10)7-3-5-9-6-4-7/h5,7H,2-4,6H2,1H3. The Kier molecular flexibility index (Phi) is 3.08. The van der Waals surface area contributed by atoms with Gasteiger partial charge >= 0.3 is 5.97 Å². The smallest absolute Gasteiger partial charge is 0.309 e. The van der Waals surface area contributed by atoms with E-state index in [2.05, 4.69) is 4.99 Å². The van der Waals surface area contributed by atoms with Crippen LogP contribution < -0.4 is 0 Å². The molecule has 0 aromatic heterocycles. The molecule has 0 aromatic rings. The Morgan fingerprint density at radius 2 is 2.64 bits per heavy atom. The van der Waals surface area contributed by atoms with Gasteiger partial charge in [0.1, 0.15) is 0 Å². The Morgan fingerprint density at radius 1 is 1.82 bits per heavy atom. The van der Waals surface area contributed by atoms with E-state index in [4.69, 9.17) is 4.74 Å². The zero-order valence-electron chi connectivity index (χ0n) is 6.75. The monoisotopic (exact) mass is 155 g/mol. The largest absolute Gasteiger partial charge is 0.466 e. The lowest BCUT2D eigenvalue weighted by Gasteiger charge is -2.14. The lowest BCUT2D eigenvalue weighted by atomic mass is 10.0. The second kappa shape index (κ2) is 4.11. The summed E-state index contributed by atoms with van der Waals surface area (Å²) >= 11 is 0. The average molecular weight is 155 g/mol. The van der Waals surface area contributed by atoms with Crippen molar-refractivity contribution in [3.63, 3.8) is 0 Å². The molecule has 1 heterocycles. The minimum Gasteiger partial charge on any atom is -0.466 e. The van der Waals surface area contributed by atoms with Crippen molar-refractivity contribution in [2.75, 3.05) is 13.2 Å². The fourth-order valence-electron chi connectivity index (χ4n) is 1.12. The number of hydrogen-bond donors (Lipinski definition) is 0. The molecule has 0 fully saturated rings. The predicted octanol–water partition coefficient (Wildman–Crippen LogP) is 1.03. The molecule has 1 rings (SSSR count). The van der Waals surface area contributed by atoms with E-state index in [0.29, 0.717) is 6.61 Å². The van der Waals surface area contributed by atoms with Crippen molar-refractivity contribution in [2.24, 2.45) is 10.9 Å². The molecule has 1 aliphatic rings. The Hall–Kier alpha value is -0.860.